The molecule has 0 amide bonds. The summed E-state index contributed by atoms with van der Waals surface area (Å²) in [6.45, 7) is 15.5. The van der Waals surface area contributed by atoms with E-state index in [-0.39, 0.29) is 0 Å². The fourth-order valence-corrected chi connectivity index (χ4v) is 8.14. The highest BCUT2D eigenvalue weighted by atomic mass is 16.9. The van der Waals surface area contributed by atoms with Gasteiger partial charge in [0.25, 0.3) is 5.97 Å². The van der Waals surface area contributed by atoms with Gasteiger partial charge in [-0.05, 0) is 124 Å². The van der Waals surface area contributed by atoms with Gasteiger partial charge in [-0.3, -0.25) is 0 Å². The first kappa shape index (κ1) is 56.3. The van der Waals surface area contributed by atoms with E-state index in [4.69, 9.17) is 14.2 Å². The molecule has 0 saturated carbocycles. The van der Waals surface area contributed by atoms with Crippen molar-refractivity contribution in [2.45, 2.75) is 272 Å². The van der Waals surface area contributed by atoms with Crippen LogP contribution in [0.15, 0.2) is 65.3 Å². The fourth-order valence-electron chi connectivity index (χ4n) is 8.14. The van der Waals surface area contributed by atoms with Crippen LogP contribution < -0.4 is 0 Å². The zero-order chi connectivity index (χ0) is 43.5. The maximum Gasteiger partial charge on any atom is 0.282 e. The number of aryl methyl sites for hydroxylation is 1. The summed E-state index contributed by atoms with van der Waals surface area (Å²) < 4.78 is 20.3. The minimum Gasteiger partial charge on any atom is -0.327 e. The van der Waals surface area contributed by atoms with Crippen LogP contribution in [0.3, 0.4) is 0 Å². The Hall–Kier alpha value is -1.68. The third kappa shape index (κ3) is 39.2. The van der Waals surface area contributed by atoms with E-state index in [0.29, 0.717) is 0 Å². The predicted molar refractivity (Wildman–Crippen MR) is 266 cm³/mol. The Balaban J connectivity index is 2.62. The highest BCUT2D eigenvalue weighted by Gasteiger charge is 2.33. The van der Waals surface area contributed by atoms with Crippen molar-refractivity contribution in [3.05, 3.63) is 70.8 Å². The van der Waals surface area contributed by atoms with Gasteiger partial charge in [-0.15, -0.1) is 0 Å². The number of ether oxygens (including phenoxy) is 3. The maximum absolute atomic E-state index is 6.77. The second-order valence-electron chi connectivity index (χ2n) is 19.0. The first-order valence-electron chi connectivity index (χ1n) is 26.2. The van der Waals surface area contributed by atoms with E-state index in [0.717, 1.165) is 51.9 Å². The van der Waals surface area contributed by atoms with Crippen LogP contribution in [0.2, 0.25) is 0 Å². The number of hydrogen-bond acceptors (Lipinski definition) is 3. The second-order valence-corrected chi connectivity index (χ2v) is 19.0. The standard InChI is InChI=1S/C57H102O3/c1-53(2)43-33-24-16-10-7-13-21-29-40-50-58-57(49-39-28-20-19-27-36-46-56-47-37-32-38-48-56,59-51-41-30-22-14-8-11-17-25-34-44-54(3)4)60-52-42-31-23-15-9-12-18-26-35-45-55(5)6/h32,37-38,43-45,47-48H,7-31,33-36,39-42,46,49-52H2,1-6H3. The molecule has 348 valence electrons. The molecule has 0 aliphatic carbocycles. The summed E-state index contributed by atoms with van der Waals surface area (Å²) in [4.78, 5) is 0. The molecule has 0 unspecified atom stereocenters. The van der Waals surface area contributed by atoms with Crippen molar-refractivity contribution in [3.63, 3.8) is 0 Å². The van der Waals surface area contributed by atoms with E-state index in [2.05, 4.69) is 90.1 Å². The molecule has 0 radical (unpaired) electrons. The van der Waals surface area contributed by atoms with E-state index in [9.17, 15) is 0 Å². The Kier molecular flexibility index (Phi) is 40.0. The molecule has 1 rings (SSSR count). The average Bonchev–Trinajstić information content (AvgIpc) is 3.23. The third-order valence-corrected chi connectivity index (χ3v) is 12.0. The minimum atomic E-state index is -0.880. The second kappa shape index (κ2) is 42.6. The van der Waals surface area contributed by atoms with Gasteiger partial charge in [-0.2, -0.15) is 0 Å². The zero-order valence-corrected chi connectivity index (χ0v) is 41.2. The normalized spacial score (nSPS) is 11.6. The number of hydrogen-bond donors (Lipinski definition) is 0. The number of allylic oxidation sites excluding steroid dienone is 6. The van der Waals surface area contributed by atoms with Gasteiger partial charge in [0.05, 0.1) is 19.8 Å². The molecule has 1 aromatic rings. The van der Waals surface area contributed by atoms with Crippen LogP contribution in [0.25, 0.3) is 0 Å². The Morgan fingerprint density at radius 3 is 0.967 bits per heavy atom. The van der Waals surface area contributed by atoms with Crippen LogP contribution in [-0.4, -0.2) is 25.8 Å². The summed E-state index contributed by atoms with van der Waals surface area (Å²) in [5.74, 6) is -0.880. The van der Waals surface area contributed by atoms with E-state index in [1.807, 2.05) is 0 Å². The molecule has 0 bridgehead atoms. The van der Waals surface area contributed by atoms with Crippen molar-refractivity contribution in [1.29, 1.82) is 0 Å². The smallest absolute Gasteiger partial charge is 0.282 e. The van der Waals surface area contributed by atoms with Gasteiger partial charge in [0, 0.05) is 6.42 Å². The Labute approximate surface area is 375 Å². The molecule has 3 heteroatoms. The minimum absolute atomic E-state index is 0.740. The molecule has 0 saturated heterocycles. The van der Waals surface area contributed by atoms with Crippen LogP contribution in [0.1, 0.15) is 265 Å². The molecule has 60 heavy (non-hydrogen) atoms. The van der Waals surface area contributed by atoms with Crippen molar-refractivity contribution in [3.8, 4) is 0 Å². The highest BCUT2D eigenvalue weighted by molar-refractivity contribution is 5.14. The van der Waals surface area contributed by atoms with Crippen LogP contribution in [0, 0.1) is 0 Å². The monoisotopic (exact) mass is 835 g/mol. The molecule has 0 atom stereocenters. The van der Waals surface area contributed by atoms with E-state index < -0.39 is 5.97 Å². The average molecular weight is 835 g/mol. The SMILES string of the molecule is CC(C)=CCCCCCCCCCCOC(CCCCCCCCc1ccccc1)(OCCCCCCCCCCC=C(C)C)OCCCCCCCCCCC=C(C)C. The molecular weight excluding hydrogens is 733 g/mol. The van der Waals surface area contributed by atoms with Crippen LogP contribution in [0.5, 0.6) is 0 Å². The highest BCUT2D eigenvalue weighted by Crippen LogP contribution is 2.27. The Bertz CT molecular complexity index is 1020. The van der Waals surface area contributed by atoms with Crippen LogP contribution in [-0.2, 0) is 20.6 Å². The molecule has 3 nitrogen and oxygen atoms in total. The summed E-state index contributed by atoms with van der Waals surface area (Å²) in [5, 5.41) is 0. The van der Waals surface area contributed by atoms with Gasteiger partial charge in [0.15, 0.2) is 0 Å². The van der Waals surface area contributed by atoms with Crippen LogP contribution >= 0.6 is 0 Å². The van der Waals surface area contributed by atoms with Gasteiger partial charge < -0.3 is 14.2 Å². The number of unbranched alkanes of at least 4 members (excludes halogenated alkanes) is 29. The van der Waals surface area contributed by atoms with E-state index in [1.165, 1.54) is 215 Å². The lowest BCUT2D eigenvalue weighted by Gasteiger charge is -2.34. The van der Waals surface area contributed by atoms with Crippen LogP contribution in [0.4, 0.5) is 0 Å². The molecule has 0 aliphatic heterocycles. The summed E-state index contributed by atoms with van der Waals surface area (Å²) in [6.07, 6.45) is 51.7. The first-order valence-corrected chi connectivity index (χ1v) is 26.2. The molecule has 0 aromatic heterocycles. The maximum atomic E-state index is 6.77. The van der Waals surface area contributed by atoms with Gasteiger partial charge in [0.1, 0.15) is 0 Å². The Morgan fingerprint density at radius 2 is 0.633 bits per heavy atom. The summed E-state index contributed by atoms with van der Waals surface area (Å²) >= 11 is 0. The lowest BCUT2D eigenvalue weighted by atomic mass is 10.0. The fraction of sp³-hybridized carbons (Fsp3) is 0.789. The summed E-state index contributed by atoms with van der Waals surface area (Å²) in [7, 11) is 0. The van der Waals surface area contributed by atoms with Crippen molar-refractivity contribution in [1.82, 2.24) is 0 Å². The quantitative estimate of drug-likeness (QED) is 0.0372. The van der Waals surface area contributed by atoms with E-state index in [1.54, 1.807) is 0 Å². The Morgan fingerprint density at radius 1 is 0.350 bits per heavy atom. The van der Waals surface area contributed by atoms with Gasteiger partial charge in [-0.25, -0.2) is 0 Å². The van der Waals surface area contributed by atoms with E-state index >= 15 is 0 Å². The number of rotatable bonds is 45. The van der Waals surface area contributed by atoms with Crippen molar-refractivity contribution < 1.29 is 14.2 Å². The lowest BCUT2D eigenvalue weighted by molar-refractivity contribution is -0.384. The third-order valence-electron chi connectivity index (χ3n) is 12.0. The topological polar surface area (TPSA) is 27.7 Å². The zero-order valence-electron chi connectivity index (χ0n) is 41.2. The molecule has 1 aromatic carbocycles. The molecular formula is C57H102O3. The molecule has 0 aliphatic rings. The summed E-state index contributed by atoms with van der Waals surface area (Å²) in [5.41, 5.74) is 5.82. The van der Waals surface area contributed by atoms with Crippen molar-refractivity contribution >= 4 is 0 Å². The van der Waals surface area contributed by atoms with Crippen molar-refractivity contribution in [2.24, 2.45) is 0 Å². The molecule has 0 N–H and O–H groups in total. The molecule has 0 heterocycles. The largest absolute Gasteiger partial charge is 0.327 e. The number of benzene rings is 1. The van der Waals surface area contributed by atoms with Crippen molar-refractivity contribution in [2.75, 3.05) is 19.8 Å². The predicted octanol–water partition coefficient (Wildman–Crippen LogP) is 19.1. The first-order chi connectivity index (χ1) is 29.3. The summed E-state index contributed by atoms with van der Waals surface area (Å²) in [6, 6.07) is 11.0. The molecule has 0 spiro atoms. The van der Waals surface area contributed by atoms with Gasteiger partial charge >= 0.3 is 0 Å². The lowest BCUT2D eigenvalue weighted by Crippen LogP contribution is -2.40. The van der Waals surface area contributed by atoms with Gasteiger partial charge in [-0.1, -0.05) is 207 Å². The van der Waals surface area contributed by atoms with Gasteiger partial charge in [0.2, 0.25) is 0 Å². The molecule has 0 fully saturated rings.